The molecule has 0 radical (unpaired) electrons. The number of anilines is 12. The van der Waals surface area contributed by atoms with Crippen LogP contribution in [-0.4, -0.2) is 0 Å². The van der Waals surface area contributed by atoms with E-state index in [1.54, 1.807) is 0 Å². The maximum absolute atomic E-state index is 2.36. The maximum Gasteiger partial charge on any atom is 0.0463 e. The van der Waals surface area contributed by atoms with E-state index in [1.807, 2.05) is 0 Å². The van der Waals surface area contributed by atoms with Crippen molar-refractivity contribution in [1.82, 2.24) is 0 Å². The minimum absolute atomic E-state index is 1.03. The molecule has 17 rings (SSSR count). The topological polar surface area (TPSA) is 13.0 Å². The molecule has 0 aromatic heterocycles. The first-order valence-electron chi connectivity index (χ1n) is 36.2. The Morgan fingerprint density at radius 2 is 0.151 bits per heavy atom. The summed E-state index contributed by atoms with van der Waals surface area (Å²) < 4.78 is 0. The monoisotopic (exact) mass is 1350 g/mol. The lowest BCUT2D eigenvalue weighted by Crippen LogP contribution is -2.12. The van der Waals surface area contributed by atoms with Gasteiger partial charge >= 0.3 is 0 Å². The van der Waals surface area contributed by atoms with E-state index in [-0.39, 0.29) is 0 Å². The highest BCUT2D eigenvalue weighted by Crippen LogP contribution is 2.45. The molecule has 0 spiro atoms. The summed E-state index contributed by atoms with van der Waals surface area (Å²) in [5, 5.41) is 0. The van der Waals surface area contributed by atoms with Crippen LogP contribution in [0.25, 0.3) is 89.0 Å². The number of hydrogen-bond acceptors (Lipinski definition) is 4. The summed E-state index contributed by atoms with van der Waals surface area (Å²) in [5.41, 5.74) is 31.4. The molecule has 0 amide bonds. The Balaban J connectivity index is 0.700. The van der Waals surface area contributed by atoms with Crippen molar-refractivity contribution in [2.45, 2.75) is 0 Å². The standard InChI is InChI=1S/C102H74N4/c1-7-19-75(20-8-1)81-31-33-82(34-32-81)88-45-61-96(62-46-88)106(102-73-69-100(70-74-102)104(93-55-39-85(40-56-93)78-25-13-4-14-26-78)94-57-41-86(42-58-94)79-27-15-5-16-28-79)98-65-49-90(50-66-98)89-47-63-97(64-48-89)105(95-59-43-87(44-60-95)80-29-17-6-18-30-80)101-71-67-99(68-72-101)103(91-51-35-83(36-52-91)76-21-9-2-10-22-76)92-53-37-84(38-54-92)77-23-11-3-12-24-77/h1-74H. The zero-order valence-electron chi connectivity index (χ0n) is 58.5. The lowest BCUT2D eigenvalue weighted by molar-refractivity contribution is 1.25. The van der Waals surface area contributed by atoms with Crippen LogP contribution < -0.4 is 19.6 Å². The van der Waals surface area contributed by atoms with Crippen molar-refractivity contribution in [2.75, 3.05) is 19.6 Å². The fourth-order valence-electron chi connectivity index (χ4n) is 14.4. The van der Waals surface area contributed by atoms with Crippen LogP contribution in [0.4, 0.5) is 68.2 Å². The maximum atomic E-state index is 2.36. The van der Waals surface area contributed by atoms with E-state index in [2.05, 4.69) is 469 Å². The Morgan fingerprint density at radius 3 is 0.255 bits per heavy atom. The van der Waals surface area contributed by atoms with E-state index in [1.165, 1.54) is 66.8 Å². The van der Waals surface area contributed by atoms with Gasteiger partial charge in [-0.1, -0.05) is 303 Å². The predicted octanol–water partition coefficient (Wildman–Crippen LogP) is 28.9. The molecule has 17 aromatic rings. The number of benzene rings is 17. The van der Waals surface area contributed by atoms with Crippen LogP contribution in [0, 0.1) is 0 Å². The molecule has 0 N–H and O–H groups in total. The quantitative estimate of drug-likeness (QED) is 0.0754. The molecule has 0 bridgehead atoms. The highest BCUT2D eigenvalue weighted by molar-refractivity contribution is 5.88. The Bertz CT molecular complexity index is 5510. The van der Waals surface area contributed by atoms with Gasteiger partial charge in [0.25, 0.3) is 0 Å². The zero-order valence-corrected chi connectivity index (χ0v) is 58.5. The van der Waals surface area contributed by atoms with E-state index in [9.17, 15) is 0 Å². The fourth-order valence-corrected chi connectivity index (χ4v) is 14.4. The van der Waals surface area contributed by atoms with Gasteiger partial charge in [0.1, 0.15) is 0 Å². The third-order valence-corrected chi connectivity index (χ3v) is 19.9. The average Bonchev–Trinajstić information content (AvgIpc) is 0.784. The second kappa shape index (κ2) is 30.3. The van der Waals surface area contributed by atoms with Gasteiger partial charge in [-0.05, 0) is 235 Å². The molecule has 0 atom stereocenters. The summed E-state index contributed by atoms with van der Waals surface area (Å²) in [7, 11) is 0. The summed E-state index contributed by atoms with van der Waals surface area (Å²) in [6.07, 6.45) is 0. The molecule has 4 nitrogen and oxygen atoms in total. The first-order valence-corrected chi connectivity index (χ1v) is 36.2. The largest absolute Gasteiger partial charge is 0.311 e. The van der Waals surface area contributed by atoms with E-state index in [0.717, 1.165) is 90.5 Å². The minimum atomic E-state index is 1.03. The summed E-state index contributed by atoms with van der Waals surface area (Å²) in [5.74, 6) is 0. The molecule has 0 saturated carbocycles. The predicted molar refractivity (Wildman–Crippen MR) is 449 cm³/mol. The highest BCUT2D eigenvalue weighted by Gasteiger charge is 2.21. The molecule has 0 heterocycles. The van der Waals surface area contributed by atoms with Gasteiger partial charge < -0.3 is 19.6 Å². The number of rotatable bonds is 20. The van der Waals surface area contributed by atoms with Crippen LogP contribution in [0.3, 0.4) is 0 Å². The van der Waals surface area contributed by atoms with Gasteiger partial charge in [-0.15, -0.1) is 0 Å². The Kier molecular flexibility index (Phi) is 18.6. The van der Waals surface area contributed by atoms with Gasteiger partial charge in [-0.2, -0.15) is 0 Å². The molecule has 0 fully saturated rings. The highest BCUT2D eigenvalue weighted by atomic mass is 15.2. The van der Waals surface area contributed by atoms with Crippen molar-refractivity contribution in [3.63, 3.8) is 0 Å². The van der Waals surface area contributed by atoms with Crippen LogP contribution in [0.2, 0.25) is 0 Å². The van der Waals surface area contributed by atoms with Gasteiger partial charge in [0.15, 0.2) is 0 Å². The van der Waals surface area contributed by atoms with Crippen molar-refractivity contribution < 1.29 is 0 Å². The summed E-state index contributed by atoms with van der Waals surface area (Å²) in [4.78, 5) is 9.41. The van der Waals surface area contributed by atoms with E-state index in [4.69, 9.17) is 0 Å². The summed E-state index contributed by atoms with van der Waals surface area (Å²) >= 11 is 0. The van der Waals surface area contributed by atoms with E-state index >= 15 is 0 Å². The second-order valence-corrected chi connectivity index (χ2v) is 26.5. The van der Waals surface area contributed by atoms with Crippen LogP contribution in [0.5, 0.6) is 0 Å². The van der Waals surface area contributed by atoms with Gasteiger partial charge in [-0.25, -0.2) is 0 Å². The number of hydrogen-bond donors (Lipinski definition) is 0. The normalized spacial score (nSPS) is 11.0. The molecule has 17 aromatic carbocycles. The van der Waals surface area contributed by atoms with Crippen LogP contribution in [0.15, 0.2) is 449 Å². The van der Waals surface area contributed by atoms with Crippen molar-refractivity contribution in [1.29, 1.82) is 0 Å². The van der Waals surface area contributed by atoms with E-state index in [0.29, 0.717) is 0 Å². The first-order chi connectivity index (χ1) is 52.5. The second-order valence-electron chi connectivity index (χ2n) is 26.5. The van der Waals surface area contributed by atoms with Gasteiger partial charge in [0.05, 0.1) is 0 Å². The van der Waals surface area contributed by atoms with Crippen molar-refractivity contribution >= 4 is 68.2 Å². The number of nitrogens with zero attached hydrogens (tertiary/aromatic N) is 4. The molecule has 106 heavy (non-hydrogen) atoms. The minimum Gasteiger partial charge on any atom is -0.311 e. The molecular weight excluding hydrogens is 1280 g/mol. The molecule has 0 aliphatic carbocycles. The summed E-state index contributed by atoms with van der Waals surface area (Å²) in [6.45, 7) is 0. The molecule has 0 saturated heterocycles. The van der Waals surface area contributed by atoms with E-state index < -0.39 is 0 Å². The third kappa shape index (κ3) is 14.2. The molecule has 0 aliphatic heterocycles. The average molecular weight is 1360 g/mol. The van der Waals surface area contributed by atoms with Crippen molar-refractivity contribution in [2.24, 2.45) is 0 Å². The molecular formula is C102H74N4. The van der Waals surface area contributed by atoms with Crippen LogP contribution >= 0.6 is 0 Å². The van der Waals surface area contributed by atoms with Gasteiger partial charge in [0.2, 0.25) is 0 Å². The Labute approximate surface area is 621 Å². The SMILES string of the molecule is c1ccc(-c2ccc(-c3ccc(N(c4ccc(-c5ccc(N(c6ccc(-c7ccccc7)cc6)c6ccc(N(c7ccc(-c8ccccc8)cc7)c7ccc(-c8ccccc8)cc7)cc6)cc5)cc4)c4ccc(N(c5ccc(-c6ccccc6)cc5)c5ccc(-c6ccccc6)cc5)cc4)cc3)cc2)cc1. The van der Waals surface area contributed by atoms with Gasteiger partial charge in [-0.3, -0.25) is 0 Å². The van der Waals surface area contributed by atoms with Crippen LogP contribution in [0.1, 0.15) is 0 Å². The molecule has 502 valence electrons. The smallest absolute Gasteiger partial charge is 0.0463 e. The Morgan fingerprint density at radius 1 is 0.0755 bits per heavy atom. The van der Waals surface area contributed by atoms with Gasteiger partial charge in [0, 0.05) is 68.2 Å². The molecule has 0 unspecified atom stereocenters. The van der Waals surface area contributed by atoms with Crippen LogP contribution in [-0.2, 0) is 0 Å². The molecule has 0 aliphatic rings. The molecule has 4 heteroatoms. The van der Waals surface area contributed by atoms with Crippen molar-refractivity contribution in [3.8, 4) is 89.0 Å². The first kappa shape index (κ1) is 65.3. The Hall–Kier alpha value is -14.1. The third-order valence-electron chi connectivity index (χ3n) is 19.9. The fraction of sp³-hybridized carbons (Fsp3) is 0. The van der Waals surface area contributed by atoms with Crippen molar-refractivity contribution in [3.05, 3.63) is 449 Å². The lowest BCUT2D eigenvalue weighted by atomic mass is 10.00. The summed E-state index contributed by atoms with van der Waals surface area (Å²) in [6, 6.07) is 162. The lowest BCUT2D eigenvalue weighted by Gasteiger charge is -2.29. The zero-order chi connectivity index (χ0) is 70.8.